The minimum Gasteiger partial charge on any atom is -0.353 e. The molecule has 9 nitrogen and oxygen atoms in total. The SMILES string of the molecule is CS(=O)(=O)Nc1ccc(S(=O)(=O)NCCNc2ncccn2)cc1. The lowest BCUT2D eigenvalue weighted by Crippen LogP contribution is -2.29. The molecule has 0 aliphatic carbocycles. The monoisotopic (exact) mass is 371 g/mol. The summed E-state index contributed by atoms with van der Waals surface area (Å²) >= 11 is 0. The molecule has 0 aliphatic heterocycles. The molecule has 0 saturated carbocycles. The summed E-state index contributed by atoms with van der Waals surface area (Å²) in [7, 11) is -7.09. The van der Waals surface area contributed by atoms with E-state index in [4.69, 9.17) is 0 Å². The Morgan fingerprint density at radius 3 is 2.17 bits per heavy atom. The van der Waals surface area contributed by atoms with Gasteiger partial charge in [-0.15, -0.1) is 0 Å². The average Bonchev–Trinajstić information content (AvgIpc) is 2.52. The topological polar surface area (TPSA) is 130 Å². The van der Waals surface area contributed by atoms with Crippen LogP contribution in [0.5, 0.6) is 0 Å². The number of hydrogen-bond acceptors (Lipinski definition) is 7. The number of aromatic nitrogens is 2. The maximum absolute atomic E-state index is 12.1. The quantitative estimate of drug-likeness (QED) is 0.567. The molecule has 0 saturated heterocycles. The van der Waals surface area contributed by atoms with Gasteiger partial charge >= 0.3 is 0 Å². The van der Waals surface area contributed by atoms with E-state index < -0.39 is 20.0 Å². The van der Waals surface area contributed by atoms with Crippen molar-refractivity contribution in [1.29, 1.82) is 0 Å². The van der Waals surface area contributed by atoms with E-state index >= 15 is 0 Å². The zero-order valence-corrected chi connectivity index (χ0v) is 14.4. The Morgan fingerprint density at radius 2 is 1.58 bits per heavy atom. The molecule has 0 fully saturated rings. The number of nitrogens with zero attached hydrogens (tertiary/aromatic N) is 2. The van der Waals surface area contributed by atoms with Crippen molar-refractivity contribution in [1.82, 2.24) is 14.7 Å². The van der Waals surface area contributed by atoms with Crippen molar-refractivity contribution in [2.75, 3.05) is 29.4 Å². The molecule has 2 rings (SSSR count). The van der Waals surface area contributed by atoms with Crippen molar-refractivity contribution in [2.24, 2.45) is 0 Å². The zero-order chi connectivity index (χ0) is 17.6. The normalized spacial score (nSPS) is 11.9. The highest BCUT2D eigenvalue weighted by molar-refractivity contribution is 7.92. The smallest absolute Gasteiger partial charge is 0.240 e. The predicted molar refractivity (Wildman–Crippen MR) is 90.6 cm³/mol. The van der Waals surface area contributed by atoms with E-state index in [1.165, 1.54) is 24.3 Å². The van der Waals surface area contributed by atoms with Crippen LogP contribution in [0.25, 0.3) is 0 Å². The van der Waals surface area contributed by atoms with Crippen molar-refractivity contribution < 1.29 is 16.8 Å². The van der Waals surface area contributed by atoms with E-state index in [0.717, 1.165) is 6.26 Å². The summed E-state index contributed by atoms with van der Waals surface area (Å²) in [4.78, 5) is 7.95. The molecule has 3 N–H and O–H groups in total. The number of rotatable bonds is 8. The Morgan fingerprint density at radius 1 is 0.958 bits per heavy atom. The Balaban J connectivity index is 1.90. The van der Waals surface area contributed by atoms with Crippen LogP contribution in [-0.2, 0) is 20.0 Å². The van der Waals surface area contributed by atoms with Crippen molar-refractivity contribution in [3.8, 4) is 0 Å². The van der Waals surface area contributed by atoms with Gasteiger partial charge in [0.2, 0.25) is 26.0 Å². The van der Waals surface area contributed by atoms with Crippen molar-refractivity contribution in [3.05, 3.63) is 42.7 Å². The molecular formula is C13H17N5O4S2. The number of hydrogen-bond donors (Lipinski definition) is 3. The fourth-order valence-electron chi connectivity index (χ4n) is 1.75. The summed E-state index contributed by atoms with van der Waals surface area (Å²) in [5.41, 5.74) is 0.291. The standard InChI is InChI=1S/C13H17N5O4S2/c1-23(19,20)18-11-3-5-12(6-4-11)24(21,22)17-10-9-16-13-14-7-2-8-15-13/h2-8,17-18H,9-10H2,1H3,(H,14,15,16). The van der Waals surface area contributed by atoms with Gasteiger partial charge in [0.25, 0.3) is 0 Å². The van der Waals surface area contributed by atoms with Crippen LogP contribution in [0.15, 0.2) is 47.6 Å². The first kappa shape index (κ1) is 18.1. The van der Waals surface area contributed by atoms with Crippen LogP contribution in [0.1, 0.15) is 0 Å². The van der Waals surface area contributed by atoms with Crippen molar-refractivity contribution >= 4 is 31.7 Å². The molecule has 24 heavy (non-hydrogen) atoms. The van der Waals surface area contributed by atoms with Crippen LogP contribution in [0.3, 0.4) is 0 Å². The van der Waals surface area contributed by atoms with Crippen LogP contribution in [0.4, 0.5) is 11.6 Å². The summed E-state index contributed by atoms with van der Waals surface area (Å²) in [6.07, 6.45) is 4.17. The van der Waals surface area contributed by atoms with Crippen molar-refractivity contribution in [3.63, 3.8) is 0 Å². The molecule has 1 aromatic heterocycles. The third kappa shape index (κ3) is 5.76. The summed E-state index contributed by atoms with van der Waals surface area (Å²) < 4.78 is 51.2. The third-order valence-corrected chi connectivity index (χ3v) is 4.82. The first-order valence-corrected chi connectivity index (χ1v) is 10.2. The van der Waals surface area contributed by atoms with Gasteiger partial charge in [-0.3, -0.25) is 4.72 Å². The fourth-order valence-corrected chi connectivity index (χ4v) is 3.35. The number of benzene rings is 1. The van der Waals surface area contributed by atoms with Gasteiger partial charge in [0, 0.05) is 31.2 Å². The summed E-state index contributed by atoms with van der Waals surface area (Å²) in [5.74, 6) is 0.410. The van der Waals surface area contributed by atoms with Gasteiger partial charge in [0.15, 0.2) is 0 Å². The Bertz CT molecular complexity index is 868. The molecule has 0 amide bonds. The maximum atomic E-state index is 12.1. The molecule has 0 spiro atoms. The Labute approximate surface area is 140 Å². The van der Waals surface area contributed by atoms with Crippen LogP contribution in [0, 0.1) is 0 Å². The van der Waals surface area contributed by atoms with Gasteiger partial charge in [-0.1, -0.05) is 0 Å². The molecule has 1 heterocycles. The highest BCUT2D eigenvalue weighted by Crippen LogP contribution is 2.14. The second kappa shape index (κ2) is 7.55. The largest absolute Gasteiger partial charge is 0.353 e. The van der Waals surface area contributed by atoms with Crippen LogP contribution in [-0.4, -0.2) is 46.1 Å². The van der Waals surface area contributed by atoms with E-state index in [2.05, 4.69) is 24.7 Å². The lowest BCUT2D eigenvalue weighted by atomic mass is 10.3. The lowest BCUT2D eigenvalue weighted by molar-refractivity contribution is 0.583. The fraction of sp³-hybridized carbons (Fsp3) is 0.231. The summed E-state index contributed by atoms with van der Waals surface area (Å²) in [6, 6.07) is 7.08. The van der Waals surface area contributed by atoms with Gasteiger partial charge in [-0.05, 0) is 30.3 Å². The van der Waals surface area contributed by atoms with E-state index in [1.54, 1.807) is 18.5 Å². The highest BCUT2D eigenvalue weighted by Gasteiger charge is 2.13. The number of sulfonamides is 2. The maximum Gasteiger partial charge on any atom is 0.240 e. The highest BCUT2D eigenvalue weighted by atomic mass is 32.2. The van der Waals surface area contributed by atoms with Crippen LogP contribution < -0.4 is 14.8 Å². The van der Waals surface area contributed by atoms with Gasteiger partial charge in [-0.2, -0.15) is 0 Å². The Hall–Kier alpha value is -2.24. The molecular weight excluding hydrogens is 354 g/mol. The average molecular weight is 371 g/mol. The van der Waals surface area contributed by atoms with E-state index in [1.807, 2.05) is 0 Å². The summed E-state index contributed by atoms with van der Waals surface area (Å²) in [5, 5.41) is 2.88. The van der Waals surface area contributed by atoms with E-state index in [9.17, 15) is 16.8 Å². The lowest BCUT2D eigenvalue weighted by Gasteiger charge is -2.09. The predicted octanol–water partition coefficient (Wildman–Crippen LogP) is 0.238. The van der Waals surface area contributed by atoms with Gasteiger partial charge < -0.3 is 5.32 Å². The van der Waals surface area contributed by atoms with Gasteiger partial charge in [0.1, 0.15) is 0 Å². The molecule has 0 bridgehead atoms. The van der Waals surface area contributed by atoms with Gasteiger partial charge in [0.05, 0.1) is 11.2 Å². The van der Waals surface area contributed by atoms with E-state index in [0.29, 0.717) is 18.2 Å². The van der Waals surface area contributed by atoms with Gasteiger partial charge in [-0.25, -0.2) is 31.5 Å². The molecule has 0 radical (unpaired) electrons. The minimum absolute atomic E-state index is 0.0394. The third-order valence-electron chi connectivity index (χ3n) is 2.73. The zero-order valence-electron chi connectivity index (χ0n) is 12.8. The van der Waals surface area contributed by atoms with Crippen LogP contribution in [0.2, 0.25) is 0 Å². The summed E-state index contributed by atoms with van der Waals surface area (Å²) in [6.45, 7) is 0.459. The molecule has 2 aromatic rings. The molecule has 0 aliphatic rings. The second-order valence-corrected chi connectivity index (χ2v) is 8.31. The first-order valence-electron chi connectivity index (χ1n) is 6.85. The van der Waals surface area contributed by atoms with Crippen molar-refractivity contribution in [2.45, 2.75) is 4.90 Å². The molecule has 130 valence electrons. The number of anilines is 2. The molecule has 11 heteroatoms. The molecule has 1 aromatic carbocycles. The molecule has 0 atom stereocenters. The number of nitrogens with one attached hydrogen (secondary N) is 3. The molecule has 0 unspecified atom stereocenters. The second-order valence-electron chi connectivity index (χ2n) is 4.80. The van der Waals surface area contributed by atoms with Crippen LogP contribution >= 0.6 is 0 Å². The Kier molecular flexibility index (Phi) is 5.70. The first-order chi connectivity index (χ1) is 11.3. The van der Waals surface area contributed by atoms with E-state index in [-0.39, 0.29) is 11.4 Å². The minimum atomic E-state index is -3.68.